The predicted molar refractivity (Wildman–Crippen MR) is 132 cm³/mol. The molecular weight excluding hydrogens is 492 g/mol. The van der Waals surface area contributed by atoms with E-state index >= 15 is 0 Å². The monoisotopic (exact) mass is 520 g/mol. The van der Waals surface area contributed by atoms with Gasteiger partial charge >= 0.3 is 22.3 Å². The number of carbonyl (C=O) groups excluding carboxylic acids is 3. The molecule has 3 amide bonds. The van der Waals surface area contributed by atoms with E-state index in [1.54, 1.807) is 18.2 Å². The molecule has 0 saturated carbocycles. The second kappa shape index (κ2) is 13.7. The Kier molecular flexibility index (Phi) is 10.7. The lowest BCUT2D eigenvalue weighted by Gasteiger charge is -2.16. The Hall–Kier alpha value is -4.13. The van der Waals surface area contributed by atoms with Crippen LogP contribution in [-0.2, 0) is 24.4 Å². The molecule has 13 heteroatoms. The molecule has 194 valence electrons. The number of carbonyl (C=O) groups is 3. The predicted octanol–water partition coefficient (Wildman–Crippen LogP) is 3.86. The third-order valence-corrected chi connectivity index (χ3v) is 5.79. The number of guanidine groups is 1. The maximum absolute atomic E-state index is 12.9. The average molecular weight is 521 g/mol. The average Bonchev–Trinajstić information content (AvgIpc) is 2.85. The standard InChI is InChI=1S/C23H28N4O8S/c1-4-5-7-12-20(28)24-18-14-13-17(36(31,32)35-16-10-8-6-9-11-16)15-19(18)25-21(26-22(29)33-2)27-23(30)34-3/h6,8-11,13-15H,4-5,7,12H2,1-3H3,(H,24,28)(H2,25,26,27,29,30). The number of nitrogens with one attached hydrogen (secondary N) is 3. The van der Waals surface area contributed by atoms with Crippen molar-refractivity contribution >= 4 is 45.5 Å². The molecule has 0 spiro atoms. The number of aliphatic imine (C=N–C) groups is 1. The summed E-state index contributed by atoms with van der Waals surface area (Å²) in [6.07, 6.45) is 0.684. The van der Waals surface area contributed by atoms with E-state index in [1.165, 1.54) is 24.3 Å². The highest BCUT2D eigenvalue weighted by atomic mass is 32.2. The molecular formula is C23H28N4O8S. The molecule has 0 aliphatic rings. The fourth-order valence-corrected chi connectivity index (χ4v) is 3.75. The minimum Gasteiger partial charge on any atom is -0.453 e. The molecule has 0 aliphatic carbocycles. The third-order valence-electron chi connectivity index (χ3n) is 4.55. The molecule has 12 nitrogen and oxygen atoms in total. The van der Waals surface area contributed by atoms with Gasteiger partial charge in [-0.15, -0.1) is 4.99 Å². The Morgan fingerprint density at radius 3 is 2.28 bits per heavy atom. The summed E-state index contributed by atoms with van der Waals surface area (Å²) in [5, 5.41) is 7.50. The number of amides is 3. The number of hydrogen-bond acceptors (Lipinski definition) is 8. The molecule has 2 aromatic carbocycles. The second-order valence-corrected chi connectivity index (χ2v) is 8.78. The van der Waals surface area contributed by atoms with Crippen molar-refractivity contribution < 1.29 is 36.5 Å². The number of benzene rings is 2. The van der Waals surface area contributed by atoms with Crippen molar-refractivity contribution in [2.24, 2.45) is 4.99 Å². The van der Waals surface area contributed by atoms with Crippen LogP contribution in [0, 0.1) is 0 Å². The van der Waals surface area contributed by atoms with Gasteiger partial charge in [0, 0.05) is 6.42 Å². The summed E-state index contributed by atoms with van der Waals surface area (Å²) in [5.41, 5.74) is 0.162. The minimum atomic E-state index is -4.29. The number of anilines is 2. The first kappa shape index (κ1) is 28.1. The van der Waals surface area contributed by atoms with E-state index in [9.17, 15) is 22.8 Å². The van der Waals surface area contributed by atoms with Crippen LogP contribution in [0.5, 0.6) is 5.75 Å². The Morgan fingerprint density at radius 1 is 0.917 bits per heavy atom. The molecule has 0 atom stereocenters. The second-order valence-electron chi connectivity index (χ2n) is 7.24. The Labute approximate surface area is 209 Å². The zero-order valence-electron chi connectivity index (χ0n) is 20.1. The van der Waals surface area contributed by atoms with E-state index in [0.29, 0.717) is 6.42 Å². The lowest BCUT2D eigenvalue weighted by molar-refractivity contribution is -0.116. The molecule has 0 aliphatic heterocycles. The van der Waals surface area contributed by atoms with Crippen LogP contribution in [0.15, 0.2) is 58.4 Å². The first-order valence-corrected chi connectivity index (χ1v) is 12.3. The van der Waals surface area contributed by atoms with Gasteiger partial charge in [0.2, 0.25) is 11.9 Å². The van der Waals surface area contributed by atoms with Crippen molar-refractivity contribution in [3.05, 3.63) is 48.5 Å². The fraction of sp³-hybridized carbons (Fsp3) is 0.304. The van der Waals surface area contributed by atoms with Crippen LogP contribution in [0.3, 0.4) is 0 Å². The van der Waals surface area contributed by atoms with Gasteiger partial charge < -0.3 is 24.3 Å². The van der Waals surface area contributed by atoms with Gasteiger partial charge in [0.05, 0.1) is 25.6 Å². The third kappa shape index (κ3) is 8.91. The minimum absolute atomic E-state index is 0.00404. The molecule has 0 unspecified atom stereocenters. The topological polar surface area (TPSA) is 161 Å². The van der Waals surface area contributed by atoms with Gasteiger partial charge in [0.1, 0.15) is 10.6 Å². The maximum atomic E-state index is 12.9. The molecule has 3 N–H and O–H groups in total. The van der Waals surface area contributed by atoms with Gasteiger partial charge in [0.25, 0.3) is 0 Å². The lowest BCUT2D eigenvalue weighted by atomic mass is 10.2. The Balaban J connectivity index is 2.45. The number of alkyl carbamates (subject to hydrolysis) is 1. The van der Waals surface area contributed by atoms with Crippen LogP contribution < -0.4 is 20.1 Å². The number of para-hydroxylation sites is 1. The van der Waals surface area contributed by atoms with Crippen molar-refractivity contribution in [2.45, 2.75) is 37.5 Å². The molecule has 0 saturated heterocycles. The number of nitrogens with zero attached hydrogens (tertiary/aromatic N) is 1. The first-order valence-electron chi connectivity index (χ1n) is 10.9. The van der Waals surface area contributed by atoms with Gasteiger partial charge in [-0.05, 0) is 36.8 Å². The highest BCUT2D eigenvalue weighted by Crippen LogP contribution is 2.28. The number of ether oxygens (including phenoxy) is 2. The fourth-order valence-electron chi connectivity index (χ4n) is 2.79. The summed E-state index contributed by atoms with van der Waals surface area (Å²) < 4.78 is 39.9. The zero-order valence-corrected chi connectivity index (χ0v) is 20.9. The van der Waals surface area contributed by atoms with E-state index in [-0.39, 0.29) is 34.3 Å². The molecule has 0 aromatic heterocycles. The SMILES string of the molecule is CCCCCC(=O)Nc1ccc(S(=O)(=O)Oc2ccccc2)cc1NC(=NC(=O)OC)NC(=O)OC. The Morgan fingerprint density at radius 2 is 1.64 bits per heavy atom. The van der Waals surface area contributed by atoms with E-state index in [1.807, 2.05) is 6.92 Å². The summed E-state index contributed by atoms with van der Waals surface area (Å²) in [6.45, 7) is 2.01. The van der Waals surface area contributed by atoms with Gasteiger partial charge in [-0.25, -0.2) is 9.59 Å². The summed E-state index contributed by atoms with van der Waals surface area (Å²) >= 11 is 0. The van der Waals surface area contributed by atoms with E-state index in [4.69, 9.17) is 4.18 Å². The van der Waals surface area contributed by atoms with Crippen molar-refractivity contribution in [1.29, 1.82) is 0 Å². The van der Waals surface area contributed by atoms with Crippen LogP contribution in [0.2, 0.25) is 0 Å². The summed E-state index contributed by atoms with van der Waals surface area (Å²) in [7, 11) is -2.11. The summed E-state index contributed by atoms with van der Waals surface area (Å²) in [5.74, 6) is -0.649. The highest BCUT2D eigenvalue weighted by Gasteiger charge is 2.21. The molecule has 0 fully saturated rings. The number of hydrogen-bond donors (Lipinski definition) is 3. The molecule has 36 heavy (non-hydrogen) atoms. The zero-order chi connectivity index (χ0) is 26.6. The van der Waals surface area contributed by atoms with E-state index < -0.39 is 28.3 Å². The van der Waals surface area contributed by atoms with Crippen LogP contribution in [0.4, 0.5) is 21.0 Å². The molecule has 0 radical (unpaired) electrons. The van der Waals surface area contributed by atoms with E-state index in [0.717, 1.165) is 33.1 Å². The maximum Gasteiger partial charge on any atom is 0.436 e. The van der Waals surface area contributed by atoms with Crippen molar-refractivity contribution in [3.8, 4) is 5.75 Å². The molecule has 2 rings (SSSR count). The largest absolute Gasteiger partial charge is 0.453 e. The molecule has 2 aromatic rings. The molecule has 0 bridgehead atoms. The van der Waals surface area contributed by atoms with Crippen molar-refractivity contribution in [2.75, 3.05) is 24.9 Å². The van der Waals surface area contributed by atoms with Gasteiger partial charge in [-0.3, -0.25) is 10.1 Å². The number of rotatable bonds is 9. The number of unbranched alkanes of at least 4 members (excludes halogenated alkanes) is 2. The van der Waals surface area contributed by atoms with E-state index in [2.05, 4.69) is 30.4 Å². The smallest absolute Gasteiger partial charge is 0.436 e. The van der Waals surface area contributed by atoms with Crippen LogP contribution in [0.1, 0.15) is 32.6 Å². The van der Waals surface area contributed by atoms with Crippen LogP contribution in [0.25, 0.3) is 0 Å². The number of methoxy groups -OCH3 is 2. The lowest BCUT2D eigenvalue weighted by Crippen LogP contribution is -2.37. The quantitative estimate of drug-likeness (QED) is 0.193. The van der Waals surface area contributed by atoms with Gasteiger partial charge in [-0.2, -0.15) is 8.42 Å². The van der Waals surface area contributed by atoms with Crippen molar-refractivity contribution in [1.82, 2.24) is 5.32 Å². The molecule has 0 heterocycles. The summed E-state index contributed by atoms with van der Waals surface area (Å²) in [6, 6.07) is 11.6. The highest BCUT2D eigenvalue weighted by molar-refractivity contribution is 7.87. The summed E-state index contributed by atoms with van der Waals surface area (Å²) in [4.78, 5) is 39.1. The van der Waals surface area contributed by atoms with Gasteiger partial charge in [-0.1, -0.05) is 38.0 Å². The normalized spacial score (nSPS) is 11.2. The first-order chi connectivity index (χ1) is 17.2. The van der Waals surface area contributed by atoms with Crippen molar-refractivity contribution in [3.63, 3.8) is 0 Å². The Bertz CT molecular complexity index is 1200. The van der Waals surface area contributed by atoms with Gasteiger partial charge in [0.15, 0.2) is 0 Å². The van der Waals surface area contributed by atoms with Crippen LogP contribution >= 0.6 is 0 Å². The van der Waals surface area contributed by atoms with Crippen LogP contribution in [-0.4, -0.2) is 46.7 Å².